The Balaban J connectivity index is 2.35. The van der Waals surface area contributed by atoms with Crippen molar-refractivity contribution in [2.24, 2.45) is 0 Å². The van der Waals surface area contributed by atoms with Gasteiger partial charge >= 0.3 is 6.18 Å². The van der Waals surface area contributed by atoms with Crippen LogP contribution in [0.4, 0.5) is 13.2 Å². The molecule has 9 heteroatoms. The molecule has 1 aromatic carbocycles. The van der Waals surface area contributed by atoms with Crippen LogP contribution >= 0.6 is 11.6 Å². The molecule has 1 heterocycles. The second-order valence-corrected chi connectivity index (χ2v) is 5.28. The number of carbonyl (C=O) groups excluding carboxylic acids is 1. The number of hydrogen-bond acceptors (Lipinski definition) is 3. The van der Waals surface area contributed by atoms with Crippen LogP contribution in [0.2, 0.25) is 5.02 Å². The number of carbonyl (C=O) groups is 1. The molecule has 3 N–H and O–H groups in total. The fourth-order valence-corrected chi connectivity index (χ4v) is 2.29. The Morgan fingerprint density at radius 3 is 2.70 bits per heavy atom. The third kappa shape index (κ3) is 3.83. The summed E-state index contributed by atoms with van der Waals surface area (Å²) in [5.41, 5.74) is -0.621. The molecule has 124 valence electrons. The van der Waals surface area contributed by atoms with Crippen LogP contribution in [0.3, 0.4) is 0 Å². The van der Waals surface area contributed by atoms with Crippen molar-refractivity contribution in [3.8, 4) is 0 Å². The number of aliphatic hydroxyl groups excluding tert-OH is 1. The van der Waals surface area contributed by atoms with Crippen molar-refractivity contribution in [3.63, 3.8) is 0 Å². The predicted molar refractivity (Wildman–Crippen MR) is 77.1 cm³/mol. The molecule has 23 heavy (non-hydrogen) atoms. The molecule has 0 saturated carbocycles. The quantitative estimate of drug-likeness (QED) is 0.795. The number of rotatable bonds is 4. The highest BCUT2D eigenvalue weighted by Gasteiger charge is 2.36. The van der Waals surface area contributed by atoms with Crippen molar-refractivity contribution in [2.75, 3.05) is 6.61 Å². The Labute approximate surface area is 134 Å². The first-order chi connectivity index (χ1) is 10.7. The topological polar surface area (TPSA) is 78.0 Å². The van der Waals surface area contributed by atoms with Crippen LogP contribution in [0.15, 0.2) is 24.4 Å². The maximum absolute atomic E-state index is 13.1. The van der Waals surface area contributed by atoms with Crippen molar-refractivity contribution in [2.45, 2.75) is 19.1 Å². The van der Waals surface area contributed by atoms with Crippen LogP contribution in [0.5, 0.6) is 0 Å². The largest absolute Gasteiger partial charge is 0.416 e. The average Bonchev–Trinajstić information content (AvgIpc) is 2.90. The lowest BCUT2D eigenvalue weighted by Crippen LogP contribution is -2.32. The van der Waals surface area contributed by atoms with E-state index in [1.165, 1.54) is 12.3 Å². The lowest BCUT2D eigenvalue weighted by atomic mass is 10.00. The van der Waals surface area contributed by atoms with E-state index < -0.39 is 30.3 Å². The molecule has 1 atom stereocenters. The first-order valence-electron chi connectivity index (χ1n) is 6.52. The number of alkyl halides is 3. The summed E-state index contributed by atoms with van der Waals surface area (Å²) in [5.74, 6) is -0.640. The van der Waals surface area contributed by atoms with Gasteiger partial charge in [-0.05, 0) is 24.6 Å². The summed E-state index contributed by atoms with van der Waals surface area (Å²) in [5, 5.41) is 17.9. The summed E-state index contributed by atoms with van der Waals surface area (Å²) in [6, 6.07) is 1.93. The van der Waals surface area contributed by atoms with Gasteiger partial charge in [-0.1, -0.05) is 17.7 Å². The molecule has 0 spiro atoms. The van der Waals surface area contributed by atoms with Gasteiger partial charge in [0.1, 0.15) is 0 Å². The number of aryl methyl sites for hydroxylation is 1. The summed E-state index contributed by atoms with van der Waals surface area (Å²) < 4.78 is 39.4. The summed E-state index contributed by atoms with van der Waals surface area (Å²) >= 11 is 5.62. The lowest BCUT2D eigenvalue weighted by Gasteiger charge is -2.21. The minimum absolute atomic E-state index is 0.0882. The molecule has 5 nitrogen and oxygen atoms in total. The average molecular weight is 348 g/mol. The van der Waals surface area contributed by atoms with Gasteiger partial charge in [0, 0.05) is 10.7 Å². The fraction of sp³-hybridized carbons (Fsp3) is 0.286. The lowest BCUT2D eigenvalue weighted by molar-refractivity contribution is -0.138. The van der Waals surface area contributed by atoms with Crippen LogP contribution in [-0.4, -0.2) is 27.8 Å². The van der Waals surface area contributed by atoms with Crippen molar-refractivity contribution in [3.05, 3.63) is 51.8 Å². The van der Waals surface area contributed by atoms with E-state index >= 15 is 0 Å². The summed E-state index contributed by atoms with van der Waals surface area (Å²) in [6.45, 7) is 0.895. The monoisotopic (exact) mass is 347 g/mol. The molecular formula is C14H13ClF3N3O2. The molecule has 0 saturated heterocycles. The number of halogens is 4. The van der Waals surface area contributed by atoms with E-state index in [1.807, 2.05) is 0 Å². The molecule has 1 unspecified atom stereocenters. The second-order valence-electron chi connectivity index (χ2n) is 4.85. The maximum Gasteiger partial charge on any atom is 0.416 e. The number of aliphatic hydroxyl groups is 1. The second kappa shape index (κ2) is 6.59. The number of hydrogen-bond donors (Lipinski definition) is 3. The Kier molecular flexibility index (Phi) is 4.96. The summed E-state index contributed by atoms with van der Waals surface area (Å²) in [4.78, 5) is 12.1. The molecule has 0 aliphatic carbocycles. The van der Waals surface area contributed by atoms with Gasteiger partial charge in [-0.15, -0.1) is 0 Å². The van der Waals surface area contributed by atoms with E-state index in [4.69, 9.17) is 11.6 Å². The number of amides is 1. The normalized spacial score (nSPS) is 13.0. The van der Waals surface area contributed by atoms with Crippen LogP contribution < -0.4 is 5.32 Å². The zero-order valence-electron chi connectivity index (χ0n) is 11.9. The van der Waals surface area contributed by atoms with Gasteiger partial charge in [0.15, 0.2) is 0 Å². The minimum Gasteiger partial charge on any atom is -0.394 e. The molecule has 1 amide bonds. The van der Waals surface area contributed by atoms with Gasteiger partial charge in [0.25, 0.3) is 5.91 Å². The van der Waals surface area contributed by atoms with Gasteiger partial charge in [-0.3, -0.25) is 9.89 Å². The Hall–Kier alpha value is -2.06. The van der Waals surface area contributed by atoms with Gasteiger partial charge in [0.2, 0.25) is 0 Å². The van der Waals surface area contributed by atoms with E-state index in [0.29, 0.717) is 5.69 Å². The van der Waals surface area contributed by atoms with Gasteiger partial charge < -0.3 is 10.4 Å². The number of nitrogens with one attached hydrogen (secondary N) is 2. The molecular weight excluding hydrogens is 335 g/mol. The van der Waals surface area contributed by atoms with Crippen molar-refractivity contribution in [1.82, 2.24) is 15.5 Å². The molecule has 0 fully saturated rings. The van der Waals surface area contributed by atoms with Gasteiger partial charge in [-0.25, -0.2) is 0 Å². The molecule has 2 rings (SSSR count). The highest BCUT2D eigenvalue weighted by atomic mass is 35.5. The highest BCUT2D eigenvalue weighted by Crippen LogP contribution is 2.36. The Morgan fingerprint density at radius 1 is 1.48 bits per heavy atom. The standard InChI is InChI=1S/C14H13ClF3N3O2/c1-7-10(5-19-21-7)13(23)20-12(6-22)9-3-2-8(15)4-11(9)14(16,17)18/h2-5,12,22H,6H2,1H3,(H,19,21)(H,20,23). The van der Waals surface area contributed by atoms with E-state index in [1.54, 1.807) is 6.92 Å². The first kappa shape index (κ1) is 17.3. The van der Waals surface area contributed by atoms with E-state index in [-0.39, 0.29) is 16.1 Å². The highest BCUT2D eigenvalue weighted by molar-refractivity contribution is 6.30. The van der Waals surface area contributed by atoms with Crippen LogP contribution in [0.25, 0.3) is 0 Å². The minimum atomic E-state index is -4.66. The third-order valence-electron chi connectivity index (χ3n) is 3.26. The summed E-state index contributed by atoms with van der Waals surface area (Å²) in [7, 11) is 0. The maximum atomic E-state index is 13.1. The molecule has 0 aliphatic rings. The van der Waals surface area contributed by atoms with Crippen molar-refractivity contribution in [1.29, 1.82) is 0 Å². The predicted octanol–water partition coefficient (Wildman–Crippen LogP) is 2.85. The van der Waals surface area contributed by atoms with E-state index in [9.17, 15) is 23.1 Å². The fourth-order valence-electron chi connectivity index (χ4n) is 2.12. The zero-order valence-corrected chi connectivity index (χ0v) is 12.7. The number of aromatic nitrogens is 2. The molecule has 2 aromatic rings. The zero-order chi connectivity index (χ0) is 17.2. The number of benzene rings is 1. The van der Waals surface area contributed by atoms with Gasteiger partial charge in [-0.2, -0.15) is 18.3 Å². The number of nitrogens with zero attached hydrogens (tertiary/aromatic N) is 1. The van der Waals surface area contributed by atoms with Crippen LogP contribution in [-0.2, 0) is 6.18 Å². The first-order valence-corrected chi connectivity index (χ1v) is 6.90. The molecule has 0 radical (unpaired) electrons. The van der Waals surface area contributed by atoms with Crippen LogP contribution in [0.1, 0.15) is 33.2 Å². The van der Waals surface area contributed by atoms with E-state index in [0.717, 1.165) is 12.1 Å². The molecule has 0 aliphatic heterocycles. The number of H-pyrrole nitrogens is 1. The van der Waals surface area contributed by atoms with Crippen molar-refractivity contribution < 1.29 is 23.1 Å². The Bertz CT molecular complexity index is 716. The molecule has 0 bridgehead atoms. The van der Waals surface area contributed by atoms with Crippen LogP contribution in [0, 0.1) is 6.92 Å². The third-order valence-corrected chi connectivity index (χ3v) is 3.49. The number of aromatic amines is 1. The summed E-state index contributed by atoms with van der Waals surface area (Å²) in [6.07, 6.45) is -3.41. The Morgan fingerprint density at radius 2 is 2.17 bits per heavy atom. The van der Waals surface area contributed by atoms with Crippen molar-refractivity contribution >= 4 is 17.5 Å². The van der Waals surface area contributed by atoms with Gasteiger partial charge in [0.05, 0.1) is 30.0 Å². The van der Waals surface area contributed by atoms with E-state index in [2.05, 4.69) is 15.5 Å². The molecule has 1 aromatic heterocycles. The SMILES string of the molecule is Cc1[nH]ncc1C(=O)NC(CO)c1ccc(Cl)cc1C(F)(F)F. The smallest absolute Gasteiger partial charge is 0.394 e.